The van der Waals surface area contributed by atoms with Crippen LogP contribution in [-0.4, -0.2) is 46.2 Å². The third-order valence-corrected chi connectivity index (χ3v) is 8.99. The van der Waals surface area contributed by atoms with Gasteiger partial charge in [-0.3, -0.25) is 14.4 Å². The number of aliphatic hydroxyl groups is 1. The van der Waals surface area contributed by atoms with Crippen LogP contribution in [0.3, 0.4) is 0 Å². The summed E-state index contributed by atoms with van der Waals surface area (Å²) in [5, 5.41) is 9.74. The molecule has 1 N–H and O–H groups in total. The number of Topliss-reactive ketones (excluding diaryl/α,β-unsaturated/α-hetero) is 2. The zero-order valence-electron chi connectivity index (χ0n) is 25.0. The van der Waals surface area contributed by atoms with Crippen molar-refractivity contribution in [3.05, 3.63) is 130 Å². The van der Waals surface area contributed by atoms with Gasteiger partial charge in [0.25, 0.3) is 0 Å². The SMILES string of the molecule is C=Cn1c(C(=O)Cc2ccc(C(=O)c3ccc(CC(=O)c4ccc(N5CCC(O)CC5)cc4)cc3)cc2)cc2c1CCCC2. The van der Waals surface area contributed by atoms with Gasteiger partial charge in [-0.05, 0) is 85.5 Å². The van der Waals surface area contributed by atoms with Crippen LogP contribution in [0.4, 0.5) is 5.69 Å². The fourth-order valence-electron chi connectivity index (χ4n) is 6.41. The molecule has 0 spiro atoms. The molecule has 224 valence electrons. The molecule has 0 unspecified atom stereocenters. The summed E-state index contributed by atoms with van der Waals surface area (Å²) in [6, 6.07) is 24.1. The van der Waals surface area contributed by atoms with Gasteiger partial charge in [0.05, 0.1) is 11.8 Å². The summed E-state index contributed by atoms with van der Waals surface area (Å²) >= 11 is 0. The second-order valence-electron chi connectivity index (χ2n) is 11.9. The third-order valence-electron chi connectivity index (χ3n) is 8.99. The summed E-state index contributed by atoms with van der Waals surface area (Å²) in [7, 11) is 0. The van der Waals surface area contributed by atoms with Crippen molar-refractivity contribution in [1.29, 1.82) is 0 Å². The predicted molar refractivity (Wildman–Crippen MR) is 174 cm³/mol. The normalized spacial score (nSPS) is 15.1. The lowest BCUT2D eigenvalue weighted by molar-refractivity contribution is 0.0981. The van der Waals surface area contributed by atoms with E-state index in [0.717, 1.165) is 68.4 Å². The van der Waals surface area contributed by atoms with Gasteiger partial charge in [0, 0.05) is 60.2 Å². The van der Waals surface area contributed by atoms with Crippen molar-refractivity contribution in [2.75, 3.05) is 18.0 Å². The van der Waals surface area contributed by atoms with E-state index in [1.807, 2.05) is 59.2 Å². The first-order valence-electron chi connectivity index (χ1n) is 15.6. The quantitative estimate of drug-likeness (QED) is 0.214. The number of aromatic nitrogens is 1. The number of aryl methyl sites for hydroxylation is 1. The van der Waals surface area contributed by atoms with Crippen LogP contribution in [0.5, 0.6) is 0 Å². The molecule has 0 bridgehead atoms. The molecule has 6 rings (SSSR count). The summed E-state index contributed by atoms with van der Waals surface area (Å²) in [4.78, 5) is 41.5. The van der Waals surface area contributed by atoms with E-state index in [-0.39, 0.29) is 36.3 Å². The number of fused-ring (bicyclic) bond motifs is 1. The highest BCUT2D eigenvalue weighted by molar-refractivity contribution is 6.09. The van der Waals surface area contributed by atoms with E-state index in [4.69, 9.17) is 0 Å². The molecule has 0 radical (unpaired) electrons. The summed E-state index contributed by atoms with van der Waals surface area (Å²) in [5.41, 5.74) is 7.67. The molecule has 4 aromatic rings. The second kappa shape index (κ2) is 13.0. The Balaban J connectivity index is 1.05. The van der Waals surface area contributed by atoms with Crippen molar-refractivity contribution < 1.29 is 19.5 Å². The smallest absolute Gasteiger partial charge is 0.193 e. The summed E-state index contributed by atoms with van der Waals surface area (Å²) in [6.07, 6.45) is 7.83. The molecule has 44 heavy (non-hydrogen) atoms. The van der Waals surface area contributed by atoms with Crippen molar-refractivity contribution in [3.63, 3.8) is 0 Å². The monoisotopic (exact) mass is 586 g/mol. The van der Waals surface area contributed by atoms with E-state index in [1.54, 1.807) is 30.5 Å². The number of aliphatic hydroxyl groups excluding tert-OH is 1. The lowest BCUT2D eigenvalue weighted by Crippen LogP contribution is -2.35. The average Bonchev–Trinajstić information content (AvgIpc) is 3.45. The number of piperidine rings is 1. The number of benzene rings is 3. The van der Waals surface area contributed by atoms with Gasteiger partial charge in [0.1, 0.15) is 0 Å². The summed E-state index contributed by atoms with van der Waals surface area (Å²) < 4.78 is 1.95. The van der Waals surface area contributed by atoms with E-state index < -0.39 is 0 Å². The van der Waals surface area contributed by atoms with Crippen LogP contribution in [0.2, 0.25) is 0 Å². The zero-order chi connectivity index (χ0) is 30.6. The van der Waals surface area contributed by atoms with Gasteiger partial charge < -0.3 is 14.6 Å². The van der Waals surface area contributed by atoms with Crippen LogP contribution in [0.15, 0.2) is 85.4 Å². The zero-order valence-corrected chi connectivity index (χ0v) is 25.0. The first-order valence-corrected chi connectivity index (χ1v) is 15.6. The molecule has 0 saturated carbocycles. The van der Waals surface area contributed by atoms with Gasteiger partial charge in [0.15, 0.2) is 17.3 Å². The van der Waals surface area contributed by atoms with Crippen LogP contribution in [0, 0.1) is 0 Å². The highest BCUT2D eigenvalue weighted by atomic mass is 16.3. The Morgan fingerprint density at radius 2 is 1.30 bits per heavy atom. The van der Waals surface area contributed by atoms with Crippen LogP contribution in [0.25, 0.3) is 6.20 Å². The Bertz CT molecular complexity index is 1670. The fourth-order valence-corrected chi connectivity index (χ4v) is 6.41. The number of nitrogens with zero attached hydrogens (tertiary/aromatic N) is 2. The predicted octanol–water partition coefficient (Wildman–Crippen LogP) is 6.51. The van der Waals surface area contributed by atoms with Crippen LogP contribution < -0.4 is 4.90 Å². The van der Waals surface area contributed by atoms with Gasteiger partial charge >= 0.3 is 0 Å². The molecule has 2 aliphatic rings. The molecule has 3 aromatic carbocycles. The van der Waals surface area contributed by atoms with E-state index in [9.17, 15) is 19.5 Å². The van der Waals surface area contributed by atoms with E-state index >= 15 is 0 Å². The maximum absolute atomic E-state index is 13.2. The van der Waals surface area contributed by atoms with Crippen molar-refractivity contribution in [1.82, 2.24) is 4.57 Å². The Morgan fingerprint density at radius 1 is 0.750 bits per heavy atom. The van der Waals surface area contributed by atoms with E-state index in [2.05, 4.69) is 11.5 Å². The van der Waals surface area contributed by atoms with Crippen molar-refractivity contribution >= 4 is 29.2 Å². The number of carbonyl (C=O) groups is 3. The molecule has 2 heterocycles. The number of rotatable bonds is 10. The third kappa shape index (κ3) is 6.36. The van der Waals surface area contributed by atoms with Gasteiger partial charge in [-0.25, -0.2) is 0 Å². The first-order chi connectivity index (χ1) is 21.4. The maximum atomic E-state index is 13.2. The molecular formula is C38H38N2O4. The molecule has 0 atom stereocenters. The molecule has 1 aliphatic heterocycles. The number of anilines is 1. The van der Waals surface area contributed by atoms with Crippen molar-refractivity contribution in [2.24, 2.45) is 0 Å². The highest BCUT2D eigenvalue weighted by Gasteiger charge is 2.21. The van der Waals surface area contributed by atoms with E-state index in [0.29, 0.717) is 22.4 Å². The fraction of sp³-hybridized carbons (Fsp3) is 0.289. The average molecular weight is 587 g/mol. The topological polar surface area (TPSA) is 79.6 Å². The number of carbonyl (C=O) groups excluding carboxylic acids is 3. The number of ketones is 3. The largest absolute Gasteiger partial charge is 0.393 e. The maximum Gasteiger partial charge on any atom is 0.193 e. The lowest BCUT2D eigenvalue weighted by Gasteiger charge is -2.31. The van der Waals surface area contributed by atoms with Crippen molar-refractivity contribution in [2.45, 2.75) is 57.5 Å². The van der Waals surface area contributed by atoms with Gasteiger partial charge in [-0.2, -0.15) is 0 Å². The summed E-state index contributed by atoms with van der Waals surface area (Å²) in [6.45, 7) is 5.55. The van der Waals surface area contributed by atoms with Gasteiger partial charge in [0.2, 0.25) is 0 Å². The van der Waals surface area contributed by atoms with Crippen molar-refractivity contribution in [3.8, 4) is 0 Å². The molecule has 1 aliphatic carbocycles. The molecule has 1 aromatic heterocycles. The standard InChI is InChI=1S/C38H38N2O4/c1-2-40-34-6-4-3-5-31(34)25-35(40)37(43)24-27-9-13-30(14-10-27)38(44)29-11-7-26(8-12-29)23-36(42)28-15-17-32(18-16-28)39-21-19-33(41)20-22-39/h2,7-18,25,33,41H,1,3-6,19-24H2. The minimum absolute atomic E-state index is 0.0235. The summed E-state index contributed by atoms with van der Waals surface area (Å²) in [5.74, 6) is -0.0349. The number of hydrogen-bond acceptors (Lipinski definition) is 5. The Labute approximate surface area is 258 Å². The molecular weight excluding hydrogens is 548 g/mol. The molecule has 0 amide bonds. The minimum Gasteiger partial charge on any atom is -0.393 e. The van der Waals surface area contributed by atoms with Gasteiger partial charge in [-0.1, -0.05) is 55.1 Å². The van der Waals surface area contributed by atoms with E-state index in [1.165, 1.54) is 11.3 Å². The Morgan fingerprint density at radius 3 is 1.89 bits per heavy atom. The second-order valence-corrected chi connectivity index (χ2v) is 11.9. The minimum atomic E-state index is -0.219. The number of hydrogen-bond donors (Lipinski definition) is 1. The Kier molecular flexibility index (Phi) is 8.71. The highest BCUT2D eigenvalue weighted by Crippen LogP contribution is 2.27. The molecule has 1 saturated heterocycles. The molecule has 6 nitrogen and oxygen atoms in total. The van der Waals surface area contributed by atoms with Gasteiger partial charge in [-0.15, -0.1) is 0 Å². The molecule has 6 heteroatoms. The van der Waals surface area contributed by atoms with Crippen LogP contribution in [-0.2, 0) is 25.7 Å². The molecule has 1 fully saturated rings. The first kappa shape index (κ1) is 29.5. The lowest BCUT2D eigenvalue weighted by atomic mass is 9.97. The van der Waals surface area contributed by atoms with Crippen LogP contribution in [0.1, 0.15) is 84.8 Å². The van der Waals surface area contributed by atoms with Crippen LogP contribution >= 0.6 is 0 Å². The Hall–Kier alpha value is -4.55.